The fourth-order valence-electron chi connectivity index (χ4n) is 2.41. The molecule has 2 aliphatic heterocycles. The fraction of sp³-hybridized carbons (Fsp3) is 0.500. The summed E-state index contributed by atoms with van der Waals surface area (Å²) in [6.07, 6.45) is 0.555. The van der Waals surface area contributed by atoms with Gasteiger partial charge in [0.15, 0.2) is 5.69 Å². The van der Waals surface area contributed by atoms with Crippen LogP contribution in [-0.2, 0) is 20.7 Å². The molecule has 0 radical (unpaired) electrons. The number of nitrogens with zero attached hydrogens (tertiary/aromatic N) is 2. The average molecular weight is 296 g/mol. The van der Waals surface area contributed by atoms with Crippen LogP contribution in [0.2, 0.25) is 0 Å². The molecule has 2 unspecified atom stereocenters. The van der Waals surface area contributed by atoms with Gasteiger partial charge >= 0.3 is 5.97 Å². The Morgan fingerprint density at radius 3 is 2.60 bits per heavy atom. The number of fused-ring (bicyclic) bond motifs is 2. The molecule has 1 N–H and O–H groups in total. The lowest BCUT2D eigenvalue weighted by Gasteiger charge is -2.29. The lowest BCUT2D eigenvalue weighted by Crippen LogP contribution is -2.52. The Bertz CT molecular complexity index is 562. The van der Waals surface area contributed by atoms with Crippen LogP contribution >= 0.6 is 11.3 Å². The third-order valence-corrected chi connectivity index (χ3v) is 4.33. The molecule has 3 heterocycles. The van der Waals surface area contributed by atoms with Crippen LogP contribution < -0.4 is 0 Å². The molecule has 1 aromatic rings. The number of rotatable bonds is 4. The maximum Gasteiger partial charge on any atom is 0.355 e. The first-order valence-electron chi connectivity index (χ1n) is 6.24. The molecule has 2 aliphatic rings. The van der Waals surface area contributed by atoms with Gasteiger partial charge in [-0.2, -0.15) is 0 Å². The number of ether oxygens (including phenoxy) is 1. The van der Waals surface area contributed by atoms with E-state index in [1.165, 1.54) is 21.6 Å². The highest BCUT2D eigenvalue weighted by molar-refractivity contribution is 7.09. The summed E-state index contributed by atoms with van der Waals surface area (Å²) in [5.41, 5.74) is -0.00954. The number of likely N-dealkylation sites (tertiary alicyclic amines) is 1. The number of hydrogen-bond acceptors (Lipinski definition) is 6. The van der Waals surface area contributed by atoms with Crippen molar-refractivity contribution in [3.63, 3.8) is 0 Å². The van der Waals surface area contributed by atoms with Gasteiger partial charge in [0.05, 0.1) is 5.01 Å². The second-order valence-corrected chi connectivity index (χ2v) is 5.64. The molecule has 2 bridgehead atoms. The Labute approximate surface area is 118 Å². The molecule has 0 aliphatic carbocycles. The quantitative estimate of drug-likeness (QED) is 0.803. The van der Waals surface area contributed by atoms with E-state index in [9.17, 15) is 14.4 Å². The van der Waals surface area contributed by atoms with Crippen LogP contribution in [0, 0.1) is 0 Å². The zero-order valence-electron chi connectivity index (χ0n) is 10.4. The number of morpholine rings is 1. The van der Waals surface area contributed by atoms with Crippen LogP contribution in [-0.4, -0.2) is 51.5 Å². The number of aromatic carboxylic acids is 1. The Balaban J connectivity index is 1.66. The molecule has 8 heteroatoms. The first-order valence-corrected chi connectivity index (χ1v) is 7.12. The number of carboxylic acid groups (broad SMARTS) is 1. The van der Waals surface area contributed by atoms with Crippen LogP contribution in [0.15, 0.2) is 5.38 Å². The molecule has 0 saturated carbocycles. The van der Waals surface area contributed by atoms with Gasteiger partial charge in [-0.3, -0.25) is 14.5 Å². The Hall–Kier alpha value is -1.80. The van der Waals surface area contributed by atoms with Gasteiger partial charge in [0.25, 0.3) is 11.8 Å². The van der Waals surface area contributed by atoms with Gasteiger partial charge in [0.1, 0.15) is 12.2 Å². The van der Waals surface area contributed by atoms with Crippen LogP contribution in [0.3, 0.4) is 0 Å². The summed E-state index contributed by atoms with van der Waals surface area (Å²) in [4.78, 5) is 39.9. The largest absolute Gasteiger partial charge is 0.476 e. The number of thiazole rings is 1. The van der Waals surface area contributed by atoms with Gasteiger partial charge in [-0.05, 0) is 12.8 Å². The molecular weight excluding hydrogens is 284 g/mol. The van der Waals surface area contributed by atoms with E-state index in [4.69, 9.17) is 9.84 Å². The number of carbonyl (C=O) groups excluding carboxylic acids is 2. The maximum absolute atomic E-state index is 12.0. The second kappa shape index (κ2) is 4.95. The zero-order chi connectivity index (χ0) is 14.3. The molecule has 3 rings (SSSR count). The fourth-order valence-corrected chi connectivity index (χ4v) is 3.17. The van der Waals surface area contributed by atoms with E-state index in [1.807, 2.05) is 0 Å². The van der Waals surface area contributed by atoms with Gasteiger partial charge in [-0.15, -0.1) is 11.3 Å². The molecule has 1 aromatic heterocycles. The van der Waals surface area contributed by atoms with Crippen LogP contribution in [0.25, 0.3) is 0 Å². The van der Waals surface area contributed by atoms with Crippen molar-refractivity contribution in [3.8, 4) is 0 Å². The maximum atomic E-state index is 12.0. The summed E-state index contributed by atoms with van der Waals surface area (Å²) >= 11 is 1.21. The zero-order valence-corrected chi connectivity index (χ0v) is 11.3. The van der Waals surface area contributed by atoms with Crippen molar-refractivity contribution in [3.05, 3.63) is 16.1 Å². The van der Waals surface area contributed by atoms with Gasteiger partial charge < -0.3 is 9.84 Å². The normalized spacial score (nSPS) is 25.3. The summed E-state index contributed by atoms with van der Waals surface area (Å²) in [5, 5.41) is 10.8. The lowest BCUT2D eigenvalue weighted by molar-refractivity contribution is -0.168. The number of amides is 2. The summed E-state index contributed by atoms with van der Waals surface area (Å²) in [5.74, 6) is -1.67. The summed E-state index contributed by atoms with van der Waals surface area (Å²) in [6.45, 7) is 0.223. The number of carboxylic acids is 1. The minimum Gasteiger partial charge on any atom is -0.476 e. The molecule has 2 fully saturated rings. The van der Waals surface area contributed by atoms with Crippen molar-refractivity contribution in [2.45, 2.75) is 31.5 Å². The van der Waals surface area contributed by atoms with Crippen molar-refractivity contribution in [1.29, 1.82) is 0 Å². The van der Waals surface area contributed by atoms with Crippen molar-refractivity contribution in [1.82, 2.24) is 9.88 Å². The van der Waals surface area contributed by atoms with Gasteiger partial charge in [0.2, 0.25) is 0 Å². The first kappa shape index (κ1) is 13.2. The van der Waals surface area contributed by atoms with E-state index < -0.39 is 18.2 Å². The topological polar surface area (TPSA) is 96.8 Å². The van der Waals surface area contributed by atoms with Crippen molar-refractivity contribution in [2.24, 2.45) is 0 Å². The van der Waals surface area contributed by atoms with Crippen molar-refractivity contribution < 1.29 is 24.2 Å². The van der Waals surface area contributed by atoms with E-state index >= 15 is 0 Å². The van der Waals surface area contributed by atoms with Crippen LogP contribution in [0.4, 0.5) is 0 Å². The molecule has 7 nitrogen and oxygen atoms in total. The summed E-state index contributed by atoms with van der Waals surface area (Å²) in [7, 11) is 0. The minimum absolute atomic E-state index is 0.00954. The highest BCUT2D eigenvalue weighted by Crippen LogP contribution is 2.28. The number of imide groups is 1. The third-order valence-electron chi connectivity index (χ3n) is 3.42. The highest BCUT2D eigenvalue weighted by atomic mass is 32.1. The highest BCUT2D eigenvalue weighted by Gasteiger charge is 2.46. The van der Waals surface area contributed by atoms with Crippen LogP contribution in [0.1, 0.15) is 28.3 Å². The Morgan fingerprint density at radius 1 is 1.40 bits per heavy atom. The predicted octanol–water partition coefficient (Wildman–Crippen LogP) is 0.300. The SMILES string of the molecule is O=C(O)c1csc(CCN2C(=O)C3CCC(O3)C2=O)n1. The first-order chi connectivity index (χ1) is 9.56. The Kier molecular flexibility index (Phi) is 3.27. The smallest absolute Gasteiger partial charge is 0.355 e. The molecule has 2 saturated heterocycles. The van der Waals surface area contributed by atoms with Crippen molar-refractivity contribution >= 4 is 29.1 Å². The molecule has 0 spiro atoms. The standard InChI is InChI=1S/C12H12N2O5S/c15-10-7-1-2-8(19-7)11(16)14(10)4-3-9-13-6(5-20-9)12(17)18/h5,7-8H,1-4H2,(H,17,18). The molecule has 106 valence electrons. The number of aromatic nitrogens is 1. The van der Waals surface area contributed by atoms with Crippen molar-refractivity contribution in [2.75, 3.05) is 6.54 Å². The van der Waals surface area contributed by atoms with E-state index in [2.05, 4.69) is 4.98 Å². The van der Waals surface area contributed by atoms with E-state index in [0.717, 1.165) is 0 Å². The summed E-state index contributed by atoms with van der Waals surface area (Å²) < 4.78 is 5.31. The van der Waals surface area contributed by atoms with Gasteiger partial charge in [-0.1, -0.05) is 0 Å². The molecular formula is C12H12N2O5S. The molecule has 2 atom stereocenters. The second-order valence-electron chi connectivity index (χ2n) is 4.70. The lowest BCUT2D eigenvalue weighted by atomic mass is 10.2. The molecule has 0 aromatic carbocycles. The molecule has 2 amide bonds. The molecule has 20 heavy (non-hydrogen) atoms. The Morgan fingerprint density at radius 2 is 2.05 bits per heavy atom. The van der Waals surface area contributed by atoms with E-state index in [-0.39, 0.29) is 24.1 Å². The van der Waals surface area contributed by atoms with E-state index in [1.54, 1.807) is 0 Å². The minimum atomic E-state index is -1.08. The number of carbonyl (C=O) groups is 3. The average Bonchev–Trinajstić information content (AvgIpc) is 3.05. The van der Waals surface area contributed by atoms with E-state index in [0.29, 0.717) is 24.3 Å². The van der Waals surface area contributed by atoms with Crippen LogP contribution in [0.5, 0.6) is 0 Å². The third kappa shape index (κ3) is 2.20. The number of hydrogen-bond donors (Lipinski definition) is 1. The monoisotopic (exact) mass is 296 g/mol. The summed E-state index contributed by atoms with van der Waals surface area (Å²) in [6, 6.07) is 0. The van der Waals surface area contributed by atoms with Gasteiger partial charge in [-0.25, -0.2) is 9.78 Å². The van der Waals surface area contributed by atoms with Gasteiger partial charge in [0, 0.05) is 18.3 Å². The predicted molar refractivity (Wildman–Crippen MR) is 67.4 cm³/mol.